The Balaban J connectivity index is 1.95. The van der Waals surface area contributed by atoms with E-state index in [-0.39, 0.29) is 5.56 Å². The van der Waals surface area contributed by atoms with Gasteiger partial charge in [0.2, 0.25) is 0 Å². The second kappa shape index (κ2) is 5.79. The molecule has 104 valence electrons. The fraction of sp³-hybridized carbons (Fsp3) is 0. The molecule has 5 heteroatoms. The smallest absolute Gasteiger partial charge is 0.335 e. The SMILES string of the molecule is O=C(O)c1ccc(-c2csc(-c3ccccc3Br)n2)cc1. The summed E-state index contributed by atoms with van der Waals surface area (Å²) in [6, 6.07) is 14.7. The Hall–Kier alpha value is -1.98. The Labute approximate surface area is 134 Å². The summed E-state index contributed by atoms with van der Waals surface area (Å²) in [5.41, 5.74) is 3.09. The highest BCUT2D eigenvalue weighted by atomic mass is 79.9. The number of aromatic carboxylic acids is 1. The third kappa shape index (κ3) is 2.89. The zero-order valence-corrected chi connectivity index (χ0v) is 13.2. The number of rotatable bonds is 3. The van der Waals surface area contributed by atoms with Crippen molar-refractivity contribution in [2.75, 3.05) is 0 Å². The molecule has 0 amide bonds. The minimum atomic E-state index is -0.922. The number of aromatic nitrogens is 1. The monoisotopic (exact) mass is 359 g/mol. The summed E-state index contributed by atoms with van der Waals surface area (Å²) in [5.74, 6) is -0.922. The third-order valence-electron chi connectivity index (χ3n) is 3.04. The van der Waals surface area contributed by atoms with E-state index in [4.69, 9.17) is 5.11 Å². The average molecular weight is 360 g/mol. The molecule has 1 aromatic heterocycles. The second-order valence-corrected chi connectivity index (χ2v) is 6.11. The molecular formula is C16H10BrNO2S. The molecular weight excluding hydrogens is 350 g/mol. The van der Waals surface area contributed by atoms with Crippen LogP contribution in [0.15, 0.2) is 58.4 Å². The van der Waals surface area contributed by atoms with E-state index in [1.807, 2.05) is 29.6 Å². The first kappa shape index (κ1) is 14.0. The molecule has 1 heterocycles. The normalized spacial score (nSPS) is 10.5. The minimum Gasteiger partial charge on any atom is -0.478 e. The Morgan fingerprint density at radius 1 is 1.10 bits per heavy atom. The van der Waals surface area contributed by atoms with E-state index in [0.717, 1.165) is 26.3 Å². The number of halogens is 1. The average Bonchev–Trinajstić information content (AvgIpc) is 2.97. The van der Waals surface area contributed by atoms with Crippen molar-refractivity contribution in [2.24, 2.45) is 0 Å². The van der Waals surface area contributed by atoms with Crippen LogP contribution in [0.4, 0.5) is 0 Å². The van der Waals surface area contributed by atoms with Crippen molar-refractivity contribution < 1.29 is 9.90 Å². The van der Waals surface area contributed by atoms with Crippen LogP contribution in [0.5, 0.6) is 0 Å². The molecule has 0 fully saturated rings. The van der Waals surface area contributed by atoms with E-state index in [1.54, 1.807) is 35.6 Å². The van der Waals surface area contributed by atoms with Crippen molar-refractivity contribution in [3.63, 3.8) is 0 Å². The predicted molar refractivity (Wildman–Crippen MR) is 87.6 cm³/mol. The number of carbonyl (C=O) groups is 1. The molecule has 0 aliphatic heterocycles. The Morgan fingerprint density at radius 3 is 2.48 bits per heavy atom. The van der Waals surface area contributed by atoms with Crippen LogP contribution in [0, 0.1) is 0 Å². The minimum absolute atomic E-state index is 0.278. The molecule has 0 aliphatic rings. The van der Waals surface area contributed by atoms with Gasteiger partial charge in [0, 0.05) is 21.0 Å². The summed E-state index contributed by atoms with van der Waals surface area (Å²) in [6.07, 6.45) is 0. The van der Waals surface area contributed by atoms with Gasteiger partial charge in [-0.05, 0) is 18.2 Å². The summed E-state index contributed by atoms with van der Waals surface area (Å²) in [6.45, 7) is 0. The molecule has 3 rings (SSSR count). The molecule has 0 unspecified atom stereocenters. The van der Waals surface area contributed by atoms with Crippen molar-refractivity contribution in [2.45, 2.75) is 0 Å². The molecule has 0 saturated carbocycles. The molecule has 21 heavy (non-hydrogen) atoms. The Kier molecular flexibility index (Phi) is 3.86. The highest BCUT2D eigenvalue weighted by molar-refractivity contribution is 9.10. The number of thiazole rings is 1. The quantitative estimate of drug-likeness (QED) is 0.720. The molecule has 3 aromatic rings. The van der Waals surface area contributed by atoms with E-state index < -0.39 is 5.97 Å². The predicted octanol–water partition coefficient (Wildman–Crippen LogP) is 4.94. The summed E-state index contributed by atoms with van der Waals surface area (Å²) >= 11 is 5.09. The van der Waals surface area contributed by atoms with Gasteiger partial charge in [-0.3, -0.25) is 0 Å². The van der Waals surface area contributed by atoms with Crippen LogP contribution in [0.3, 0.4) is 0 Å². The van der Waals surface area contributed by atoms with E-state index in [9.17, 15) is 4.79 Å². The first-order valence-corrected chi connectivity index (χ1v) is 7.86. The lowest BCUT2D eigenvalue weighted by molar-refractivity contribution is 0.0697. The first-order valence-electron chi connectivity index (χ1n) is 6.19. The Morgan fingerprint density at radius 2 is 1.81 bits per heavy atom. The largest absolute Gasteiger partial charge is 0.478 e. The second-order valence-electron chi connectivity index (χ2n) is 4.40. The molecule has 2 aromatic carbocycles. The van der Waals surface area contributed by atoms with Crippen molar-refractivity contribution >= 4 is 33.2 Å². The third-order valence-corrected chi connectivity index (χ3v) is 4.60. The summed E-state index contributed by atoms with van der Waals surface area (Å²) in [4.78, 5) is 15.5. The van der Waals surface area contributed by atoms with Crippen LogP contribution >= 0.6 is 27.3 Å². The molecule has 0 atom stereocenters. The van der Waals surface area contributed by atoms with Gasteiger partial charge in [0.15, 0.2) is 0 Å². The van der Waals surface area contributed by atoms with E-state index in [2.05, 4.69) is 20.9 Å². The van der Waals surface area contributed by atoms with Crippen molar-refractivity contribution in [3.8, 4) is 21.8 Å². The van der Waals surface area contributed by atoms with Gasteiger partial charge in [-0.25, -0.2) is 9.78 Å². The van der Waals surface area contributed by atoms with Gasteiger partial charge in [-0.15, -0.1) is 11.3 Å². The van der Waals surface area contributed by atoms with Crippen molar-refractivity contribution in [3.05, 3.63) is 63.9 Å². The zero-order chi connectivity index (χ0) is 14.8. The van der Waals surface area contributed by atoms with Crippen LogP contribution in [0.2, 0.25) is 0 Å². The highest BCUT2D eigenvalue weighted by Gasteiger charge is 2.10. The summed E-state index contributed by atoms with van der Waals surface area (Å²) < 4.78 is 1.01. The number of benzene rings is 2. The van der Waals surface area contributed by atoms with Crippen LogP contribution in [0.1, 0.15) is 10.4 Å². The van der Waals surface area contributed by atoms with Crippen LogP contribution in [-0.4, -0.2) is 16.1 Å². The van der Waals surface area contributed by atoms with E-state index in [0.29, 0.717) is 0 Å². The number of hydrogen-bond acceptors (Lipinski definition) is 3. The fourth-order valence-corrected chi connectivity index (χ4v) is 3.42. The summed E-state index contributed by atoms with van der Waals surface area (Å²) in [5, 5.41) is 11.8. The number of carboxylic acids is 1. The molecule has 0 bridgehead atoms. The summed E-state index contributed by atoms with van der Waals surface area (Å²) in [7, 11) is 0. The van der Waals surface area contributed by atoms with Crippen molar-refractivity contribution in [1.82, 2.24) is 4.98 Å². The van der Waals surface area contributed by atoms with Crippen molar-refractivity contribution in [1.29, 1.82) is 0 Å². The maximum absolute atomic E-state index is 10.9. The van der Waals surface area contributed by atoms with Crippen LogP contribution < -0.4 is 0 Å². The van der Waals surface area contributed by atoms with Gasteiger partial charge >= 0.3 is 5.97 Å². The van der Waals surface area contributed by atoms with Crippen LogP contribution in [-0.2, 0) is 0 Å². The zero-order valence-electron chi connectivity index (χ0n) is 10.8. The molecule has 0 saturated heterocycles. The highest BCUT2D eigenvalue weighted by Crippen LogP contribution is 2.33. The topological polar surface area (TPSA) is 50.2 Å². The van der Waals surface area contributed by atoms with Gasteiger partial charge < -0.3 is 5.11 Å². The molecule has 0 aliphatic carbocycles. The van der Waals surface area contributed by atoms with Gasteiger partial charge in [0.05, 0.1) is 11.3 Å². The standard InChI is InChI=1S/C16H10BrNO2S/c17-13-4-2-1-3-12(13)15-18-14(9-21-15)10-5-7-11(8-6-10)16(19)20/h1-9H,(H,19,20). The van der Waals surface area contributed by atoms with Gasteiger partial charge in [0.25, 0.3) is 0 Å². The van der Waals surface area contributed by atoms with Crippen LogP contribution in [0.25, 0.3) is 21.8 Å². The van der Waals surface area contributed by atoms with Gasteiger partial charge in [-0.1, -0.05) is 46.3 Å². The molecule has 1 N–H and O–H groups in total. The molecule has 0 radical (unpaired) electrons. The van der Waals surface area contributed by atoms with E-state index in [1.165, 1.54) is 0 Å². The number of nitrogens with zero attached hydrogens (tertiary/aromatic N) is 1. The first-order chi connectivity index (χ1) is 10.1. The molecule has 3 nitrogen and oxygen atoms in total. The molecule has 0 spiro atoms. The maximum atomic E-state index is 10.9. The van der Waals surface area contributed by atoms with Gasteiger partial charge in [-0.2, -0.15) is 0 Å². The Bertz CT molecular complexity index is 796. The number of hydrogen-bond donors (Lipinski definition) is 1. The van der Waals surface area contributed by atoms with Gasteiger partial charge in [0.1, 0.15) is 5.01 Å². The van der Waals surface area contributed by atoms with E-state index >= 15 is 0 Å². The maximum Gasteiger partial charge on any atom is 0.335 e. The lowest BCUT2D eigenvalue weighted by atomic mass is 10.1. The fourth-order valence-electron chi connectivity index (χ4n) is 1.95. The lowest BCUT2D eigenvalue weighted by Gasteiger charge is -2.00. The number of carboxylic acid groups (broad SMARTS) is 1. The lowest BCUT2D eigenvalue weighted by Crippen LogP contribution is -1.94.